The summed E-state index contributed by atoms with van der Waals surface area (Å²) >= 11 is 5.99. The summed E-state index contributed by atoms with van der Waals surface area (Å²) in [4.78, 5) is 12.3. The van der Waals surface area contributed by atoms with Crippen molar-refractivity contribution >= 4 is 28.5 Å². The fourth-order valence-electron chi connectivity index (χ4n) is 2.46. The average Bonchev–Trinajstić information content (AvgIpc) is 2.90. The summed E-state index contributed by atoms with van der Waals surface area (Å²) in [7, 11) is 0. The van der Waals surface area contributed by atoms with Gasteiger partial charge in [0.2, 0.25) is 0 Å². The Kier molecular flexibility index (Phi) is 4.76. The molecule has 0 fully saturated rings. The van der Waals surface area contributed by atoms with Crippen molar-refractivity contribution in [1.82, 2.24) is 5.32 Å². The van der Waals surface area contributed by atoms with E-state index >= 15 is 0 Å². The van der Waals surface area contributed by atoms with E-state index in [9.17, 15) is 4.79 Å². The molecular weight excluding hydrogens is 326 g/mol. The van der Waals surface area contributed by atoms with E-state index in [0.717, 1.165) is 16.7 Å². The molecule has 3 rings (SSSR count). The van der Waals surface area contributed by atoms with E-state index in [0.29, 0.717) is 29.5 Å². The Labute approximate surface area is 145 Å². The molecule has 3 aromatic rings. The fourth-order valence-corrected chi connectivity index (χ4v) is 2.63. The number of ether oxygens (including phenoxy) is 1. The molecule has 0 radical (unpaired) electrons. The van der Waals surface area contributed by atoms with Crippen molar-refractivity contribution in [3.63, 3.8) is 0 Å². The van der Waals surface area contributed by atoms with Crippen LogP contribution < -0.4 is 10.1 Å². The van der Waals surface area contributed by atoms with Crippen LogP contribution in [-0.2, 0) is 0 Å². The Hall–Kier alpha value is -2.46. The number of aryl methyl sites for hydroxylation is 2. The van der Waals surface area contributed by atoms with Crippen molar-refractivity contribution in [2.45, 2.75) is 13.8 Å². The average molecular weight is 344 g/mol. The van der Waals surface area contributed by atoms with Crippen LogP contribution >= 0.6 is 11.6 Å². The third kappa shape index (κ3) is 3.54. The number of fused-ring (bicyclic) bond motifs is 1. The Morgan fingerprint density at radius 1 is 1.17 bits per heavy atom. The number of nitrogens with one attached hydrogen (secondary N) is 1. The number of rotatable bonds is 5. The number of benzene rings is 2. The summed E-state index contributed by atoms with van der Waals surface area (Å²) in [5.74, 6) is 0.833. The molecule has 1 aromatic heterocycles. The number of furan rings is 1. The summed E-state index contributed by atoms with van der Waals surface area (Å²) in [5.41, 5.74) is 2.61. The Morgan fingerprint density at radius 3 is 2.67 bits per heavy atom. The van der Waals surface area contributed by atoms with Gasteiger partial charge in [0.05, 0.1) is 6.54 Å². The highest BCUT2D eigenvalue weighted by Crippen LogP contribution is 2.27. The van der Waals surface area contributed by atoms with E-state index in [1.165, 1.54) is 5.56 Å². The van der Waals surface area contributed by atoms with Crippen LogP contribution in [-0.4, -0.2) is 19.1 Å². The molecule has 0 saturated heterocycles. The van der Waals surface area contributed by atoms with Gasteiger partial charge in [0, 0.05) is 16.0 Å². The number of amides is 1. The van der Waals surface area contributed by atoms with Gasteiger partial charge in [0.15, 0.2) is 5.76 Å². The van der Waals surface area contributed by atoms with E-state index in [-0.39, 0.29) is 5.91 Å². The van der Waals surface area contributed by atoms with Crippen molar-refractivity contribution in [3.8, 4) is 5.75 Å². The van der Waals surface area contributed by atoms with Gasteiger partial charge in [0.1, 0.15) is 17.9 Å². The van der Waals surface area contributed by atoms with E-state index in [2.05, 4.69) is 5.32 Å². The summed E-state index contributed by atoms with van der Waals surface area (Å²) in [6, 6.07) is 13.1. The van der Waals surface area contributed by atoms with Crippen molar-refractivity contribution < 1.29 is 13.9 Å². The van der Waals surface area contributed by atoms with Crippen LogP contribution in [0.15, 0.2) is 46.9 Å². The predicted molar refractivity (Wildman–Crippen MR) is 95.0 cm³/mol. The highest BCUT2D eigenvalue weighted by molar-refractivity contribution is 6.31. The van der Waals surface area contributed by atoms with Crippen LogP contribution in [0, 0.1) is 13.8 Å². The lowest BCUT2D eigenvalue weighted by Gasteiger charge is -2.07. The number of carbonyl (C=O) groups is 1. The maximum Gasteiger partial charge on any atom is 0.287 e. The first kappa shape index (κ1) is 16.4. The quantitative estimate of drug-likeness (QED) is 0.693. The topological polar surface area (TPSA) is 51.5 Å². The zero-order chi connectivity index (χ0) is 17.1. The lowest BCUT2D eigenvalue weighted by atomic mass is 10.1. The maximum atomic E-state index is 12.3. The van der Waals surface area contributed by atoms with Crippen LogP contribution in [0.1, 0.15) is 21.7 Å². The largest absolute Gasteiger partial charge is 0.492 e. The molecule has 24 heavy (non-hydrogen) atoms. The molecule has 124 valence electrons. The predicted octanol–water partition coefficient (Wildman–Crippen LogP) is 4.51. The van der Waals surface area contributed by atoms with Crippen LogP contribution in [0.4, 0.5) is 0 Å². The van der Waals surface area contributed by atoms with Gasteiger partial charge in [0.25, 0.3) is 5.91 Å². The molecule has 0 atom stereocenters. The first-order valence-electron chi connectivity index (χ1n) is 7.71. The molecule has 1 N–H and O–H groups in total. The Bertz CT molecular complexity index is 868. The molecule has 0 aliphatic carbocycles. The molecule has 5 heteroatoms. The number of carbonyl (C=O) groups excluding carboxylic acids is 1. The second kappa shape index (κ2) is 6.97. The van der Waals surface area contributed by atoms with E-state index in [4.69, 9.17) is 20.8 Å². The summed E-state index contributed by atoms with van der Waals surface area (Å²) in [5, 5.41) is 4.27. The Balaban J connectivity index is 1.59. The maximum absolute atomic E-state index is 12.3. The minimum atomic E-state index is -0.257. The smallest absolute Gasteiger partial charge is 0.287 e. The lowest BCUT2D eigenvalue weighted by molar-refractivity contribution is 0.0920. The van der Waals surface area contributed by atoms with Gasteiger partial charge in [-0.05, 0) is 44.2 Å². The molecule has 0 bridgehead atoms. The minimum absolute atomic E-state index is 0.257. The highest BCUT2D eigenvalue weighted by Gasteiger charge is 2.17. The molecule has 1 heterocycles. The SMILES string of the molecule is Cc1ccc(OCCNC(=O)c2oc3ccc(Cl)cc3c2C)cc1. The fraction of sp³-hybridized carbons (Fsp3) is 0.211. The second-order valence-electron chi connectivity index (χ2n) is 5.61. The van der Waals surface area contributed by atoms with E-state index in [1.54, 1.807) is 18.2 Å². The molecule has 2 aromatic carbocycles. The van der Waals surface area contributed by atoms with Crippen LogP contribution in [0.5, 0.6) is 5.75 Å². The lowest BCUT2D eigenvalue weighted by Crippen LogP contribution is -2.28. The van der Waals surface area contributed by atoms with Gasteiger partial charge in [-0.15, -0.1) is 0 Å². The number of hydrogen-bond acceptors (Lipinski definition) is 3. The third-order valence-electron chi connectivity index (χ3n) is 3.78. The van der Waals surface area contributed by atoms with Crippen molar-refractivity contribution in [2.75, 3.05) is 13.2 Å². The molecule has 0 saturated carbocycles. The summed E-state index contributed by atoms with van der Waals surface area (Å²) < 4.78 is 11.2. The summed E-state index contributed by atoms with van der Waals surface area (Å²) in [6.45, 7) is 4.65. The molecule has 0 unspecified atom stereocenters. The number of hydrogen-bond donors (Lipinski definition) is 1. The first-order chi connectivity index (χ1) is 11.5. The Morgan fingerprint density at radius 2 is 1.92 bits per heavy atom. The van der Waals surface area contributed by atoms with E-state index in [1.807, 2.05) is 38.1 Å². The van der Waals surface area contributed by atoms with Crippen molar-refractivity contribution in [1.29, 1.82) is 0 Å². The first-order valence-corrected chi connectivity index (χ1v) is 8.09. The van der Waals surface area contributed by atoms with Crippen LogP contribution in [0.3, 0.4) is 0 Å². The third-order valence-corrected chi connectivity index (χ3v) is 4.02. The number of halogens is 1. The van der Waals surface area contributed by atoms with Gasteiger partial charge in [-0.2, -0.15) is 0 Å². The van der Waals surface area contributed by atoms with Gasteiger partial charge in [-0.25, -0.2) is 0 Å². The van der Waals surface area contributed by atoms with Gasteiger partial charge in [-0.3, -0.25) is 4.79 Å². The van der Waals surface area contributed by atoms with Gasteiger partial charge >= 0.3 is 0 Å². The molecule has 1 amide bonds. The molecule has 4 nitrogen and oxygen atoms in total. The van der Waals surface area contributed by atoms with Gasteiger partial charge < -0.3 is 14.5 Å². The second-order valence-corrected chi connectivity index (χ2v) is 6.05. The zero-order valence-corrected chi connectivity index (χ0v) is 14.3. The molecule has 0 aliphatic rings. The van der Waals surface area contributed by atoms with Gasteiger partial charge in [-0.1, -0.05) is 29.3 Å². The minimum Gasteiger partial charge on any atom is -0.492 e. The van der Waals surface area contributed by atoms with Crippen molar-refractivity contribution in [3.05, 3.63) is 64.4 Å². The molecule has 0 spiro atoms. The molecular formula is C19H18ClNO3. The normalized spacial score (nSPS) is 10.8. The van der Waals surface area contributed by atoms with E-state index < -0.39 is 0 Å². The standard InChI is InChI=1S/C19H18ClNO3/c1-12-3-6-15(7-4-12)23-10-9-21-19(22)18-13(2)16-11-14(20)5-8-17(16)24-18/h3-8,11H,9-10H2,1-2H3,(H,21,22). The zero-order valence-electron chi connectivity index (χ0n) is 13.6. The van der Waals surface area contributed by atoms with Crippen LogP contribution in [0.2, 0.25) is 5.02 Å². The highest BCUT2D eigenvalue weighted by atomic mass is 35.5. The molecule has 0 aliphatic heterocycles. The van der Waals surface area contributed by atoms with Crippen molar-refractivity contribution in [2.24, 2.45) is 0 Å². The van der Waals surface area contributed by atoms with Crippen LogP contribution in [0.25, 0.3) is 11.0 Å². The summed E-state index contributed by atoms with van der Waals surface area (Å²) in [6.07, 6.45) is 0. The monoisotopic (exact) mass is 343 g/mol.